The van der Waals surface area contributed by atoms with Gasteiger partial charge < -0.3 is 14.2 Å². The molecule has 0 aliphatic heterocycles. The smallest absolute Gasteiger partial charge is 0.185 e. The second kappa shape index (κ2) is 9.84. The molecule has 0 saturated heterocycles. The zero-order valence-electron chi connectivity index (χ0n) is 19.4. The van der Waals surface area contributed by atoms with Gasteiger partial charge in [-0.1, -0.05) is 20.8 Å². The molecule has 0 atom stereocenters. The van der Waals surface area contributed by atoms with Crippen molar-refractivity contribution in [3.8, 4) is 17.2 Å². The van der Waals surface area contributed by atoms with Crippen LogP contribution in [0.5, 0.6) is 17.2 Å². The summed E-state index contributed by atoms with van der Waals surface area (Å²) >= 11 is 0. The molecule has 2 aromatic rings. The maximum atomic E-state index is 12.7. The SMILES string of the molecule is COc1ccc(C(=O)/C=C/c2cc(C(C)(C)C)c(OC(C)C)cc2OC(C)C)cc1. The summed E-state index contributed by atoms with van der Waals surface area (Å²) in [6.45, 7) is 14.4. The zero-order chi connectivity index (χ0) is 22.5. The normalized spacial score (nSPS) is 11.9. The van der Waals surface area contributed by atoms with Crippen molar-refractivity contribution in [3.05, 3.63) is 59.2 Å². The molecule has 4 nitrogen and oxygen atoms in total. The average molecular weight is 411 g/mol. The predicted molar refractivity (Wildman–Crippen MR) is 123 cm³/mol. The van der Waals surface area contributed by atoms with Gasteiger partial charge in [0.25, 0.3) is 0 Å². The van der Waals surface area contributed by atoms with E-state index in [0.717, 1.165) is 22.6 Å². The molecular formula is C26H34O4. The minimum atomic E-state index is -0.122. The van der Waals surface area contributed by atoms with Crippen LogP contribution in [0.1, 0.15) is 70.0 Å². The summed E-state index contributed by atoms with van der Waals surface area (Å²) < 4.78 is 17.3. The van der Waals surface area contributed by atoms with Crippen molar-refractivity contribution in [2.24, 2.45) is 0 Å². The Morgan fingerprint density at radius 3 is 1.97 bits per heavy atom. The highest BCUT2D eigenvalue weighted by atomic mass is 16.5. The van der Waals surface area contributed by atoms with Crippen molar-refractivity contribution in [2.75, 3.05) is 7.11 Å². The van der Waals surface area contributed by atoms with Crippen LogP contribution in [0, 0.1) is 0 Å². The molecule has 4 heteroatoms. The van der Waals surface area contributed by atoms with E-state index in [9.17, 15) is 4.79 Å². The van der Waals surface area contributed by atoms with Gasteiger partial charge in [0.05, 0.1) is 19.3 Å². The first kappa shape index (κ1) is 23.5. The van der Waals surface area contributed by atoms with Gasteiger partial charge in [-0.15, -0.1) is 0 Å². The van der Waals surface area contributed by atoms with Gasteiger partial charge in [-0.25, -0.2) is 0 Å². The van der Waals surface area contributed by atoms with Crippen LogP contribution in [0.2, 0.25) is 0 Å². The minimum Gasteiger partial charge on any atom is -0.497 e. The van der Waals surface area contributed by atoms with Gasteiger partial charge in [0.15, 0.2) is 5.78 Å². The largest absolute Gasteiger partial charge is 0.497 e. The Morgan fingerprint density at radius 2 is 1.47 bits per heavy atom. The van der Waals surface area contributed by atoms with E-state index in [1.54, 1.807) is 37.5 Å². The molecule has 0 N–H and O–H groups in total. The van der Waals surface area contributed by atoms with Crippen molar-refractivity contribution in [2.45, 2.75) is 66.1 Å². The standard InChI is InChI=1S/C26H34O4/c1-17(2)29-24-16-25(30-18(3)4)22(26(5,6)7)15-20(24)11-14-23(27)19-9-12-21(28-8)13-10-19/h9-18H,1-8H3/b14-11+. The first-order valence-corrected chi connectivity index (χ1v) is 10.4. The fourth-order valence-electron chi connectivity index (χ4n) is 3.02. The second-order valence-electron chi connectivity index (χ2n) is 8.90. The zero-order valence-corrected chi connectivity index (χ0v) is 19.4. The average Bonchev–Trinajstić information content (AvgIpc) is 2.65. The van der Waals surface area contributed by atoms with Gasteiger partial charge in [-0.3, -0.25) is 4.79 Å². The van der Waals surface area contributed by atoms with E-state index >= 15 is 0 Å². The van der Waals surface area contributed by atoms with Crippen LogP contribution in [-0.2, 0) is 5.41 Å². The van der Waals surface area contributed by atoms with E-state index in [4.69, 9.17) is 14.2 Å². The maximum absolute atomic E-state index is 12.7. The van der Waals surface area contributed by atoms with Crippen LogP contribution < -0.4 is 14.2 Å². The number of allylic oxidation sites excluding steroid dienone is 1. The molecule has 0 amide bonds. The molecule has 162 valence electrons. The number of hydrogen-bond acceptors (Lipinski definition) is 4. The highest BCUT2D eigenvalue weighted by molar-refractivity contribution is 6.07. The lowest BCUT2D eigenvalue weighted by Crippen LogP contribution is -2.17. The summed E-state index contributed by atoms with van der Waals surface area (Å²) in [5, 5.41) is 0. The number of carbonyl (C=O) groups excluding carboxylic acids is 1. The number of carbonyl (C=O) groups is 1. The fraction of sp³-hybridized carbons (Fsp3) is 0.423. The first-order valence-electron chi connectivity index (χ1n) is 10.4. The van der Waals surface area contributed by atoms with E-state index in [1.165, 1.54) is 0 Å². The number of ketones is 1. The number of benzene rings is 2. The van der Waals surface area contributed by atoms with Crippen LogP contribution in [0.15, 0.2) is 42.5 Å². The molecule has 0 radical (unpaired) electrons. The molecule has 0 bridgehead atoms. The fourth-order valence-corrected chi connectivity index (χ4v) is 3.02. The van der Waals surface area contributed by atoms with Gasteiger partial charge in [0.1, 0.15) is 17.2 Å². The van der Waals surface area contributed by atoms with Crippen LogP contribution >= 0.6 is 0 Å². The Balaban J connectivity index is 2.46. The molecule has 0 aliphatic rings. The quantitative estimate of drug-likeness (QED) is 0.370. The molecule has 0 saturated carbocycles. The van der Waals surface area contributed by atoms with Crippen LogP contribution in [-0.4, -0.2) is 25.1 Å². The topological polar surface area (TPSA) is 44.8 Å². The van der Waals surface area contributed by atoms with Gasteiger partial charge in [0, 0.05) is 22.8 Å². The molecule has 30 heavy (non-hydrogen) atoms. The maximum Gasteiger partial charge on any atom is 0.185 e. The number of rotatable bonds is 8. The summed E-state index contributed by atoms with van der Waals surface area (Å²) in [7, 11) is 1.60. The van der Waals surface area contributed by atoms with Gasteiger partial charge in [0.2, 0.25) is 0 Å². The monoisotopic (exact) mass is 410 g/mol. The molecular weight excluding hydrogens is 376 g/mol. The Kier molecular flexibility index (Phi) is 7.71. The van der Waals surface area contributed by atoms with Crippen molar-refractivity contribution < 1.29 is 19.0 Å². The van der Waals surface area contributed by atoms with Crippen molar-refractivity contribution in [1.82, 2.24) is 0 Å². The molecule has 0 aliphatic carbocycles. The third-order valence-electron chi connectivity index (χ3n) is 4.43. The molecule has 2 aromatic carbocycles. The lowest BCUT2D eigenvalue weighted by Gasteiger charge is -2.26. The van der Waals surface area contributed by atoms with Gasteiger partial charge >= 0.3 is 0 Å². The Bertz CT molecular complexity index is 884. The van der Waals surface area contributed by atoms with Crippen LogP contribution in [0.3, 0.4) is 0 Å². The van der Waals surface area contributed by atoms with Crippen LogP contribution in [0.25, 0.3) is 6.08 Å². The Hall–Kier alpha value is -2.75. The number of ether oxygens (including phenoxy) is 3. The molecule has 0 heterocycles. The molecule has 0 aromatic heterocycles. The van der Waals surface area contributed by atoms with E-state index in [-0.39, 0.29) is 23.4 Å². The summed E-state index contributed by atoms with van der Waals surface area (Å²) in [5.74, 6) is 2.16. The van der Waals surface area contributed by atoms with Crippen molar-refractivity contribution >= 4 is 11.9 Å². The predicted octanol–water partition coefficient (Wildman–Crippen LogP) is 6.46. The number of hydrogen-bond donors (Lipinski definition) is 0. The highest BCUT2D eigenvalue weighted by Crippen LogP contribution is 2.38. The molecule has 0 unspecified atom stereocenters. The van der Waals surface area contributed by atoms with Gasteiger partial charge in [-0.05, 0) is 75.6 Å². The Morgan fingerprint density at radius 1 is 0.900 bits per heavy atom. The molecule has 0 spiro atoms. The van der Waals surface area contributed by atoms with E-state index in [0.29, 0.717) is 11.3 Å². The van der Waals surface area contributed by atoms with Gasteiger partial charge in [-0.2, -0.15) is 0 Å². The minimum absolute atomic E-state index is 0.00169. The summed E-state index contributed by atoms with van der Waals surface area (Å²) in [6, 6.07) is 11.1. The van der Waals surface area contributed by atoms with Crippen molar-refractivity contribution in [3.63, 3.8) is 0 Å². The lowest BCUT2D eigenvalue weighted by atomic mass is 9.85. The van der Waals surface area contributed by atoms with E-state index < -0.39 is 0 Å². The third-order valence-corrected chi connectivity index (χ3v) is 4.43. The summed E-state index contributed by atoms with van der Waals surface area (Å²) in [5.41, 5.74) is 2.41. The summed E-state index contributed by atoms with van der Waals surface area (Å²) in [4.78, 5) is 12.7. The third kappa shape index (κ3) is 6.38. The number of methoxy groups -OCH3 is 1. The first-order chi connectivity index (χ1) is 14.0. The lowest BCUT2D eigenvalue weighted by molar-refractivity contribution is 0.104. The highest BCUT2D eigenvalue weighted by Gasteiger charge is 2.22. The van der Waals surface area contributed by atoms with E-state index in [1.807, 2.05) is 39.8 Å². The van der Waals surface area contributed by atoms with E-state index in [2.05, 4.69) is 26.8 Å². The Labute approximate surface area is 180 Å². The second-order valence-corrected chi connectivity index (χ2v) is 8.90. The molecule has 2 rings (SSSR count). The summed E-state index contributed by atoms with van der Waals surface area (Å²) in [6.07, 6.45) is 3.45. The molecule has 0 fully saturated rings. The van der Waals surface area contributed by atoms with Crippen LogP contribution in [0.4, 0.5) is 0 Å². The van der Waals surface area contributed by atoms with Crippen molar-refractivity contribution in [1.29, 1.82) is 0 Å².